The smallest absolute Gasteiger partial charge is 0.337 e. The van der Waals surface area contributed by atoms with Crippen molar-refractivity contribution >= 4 is 33.3 Å². The van der Waals surface area contributed by atoms with E-state index in [1.165, 1.54) is 13.2 Å². The highest BCUT2D eigenvalue weighted by atomic mass is 16.6. The first kappa shape index (κ1) is 23.1. The van der Waals surface area contributed by atoms with Gasteiger partial charge < -0.3 is 14.5 Å². The topological polar surface area (TPSA) is 94.5 Å². The van der Waals surface area contributed by atoms with E-state index >= 15 is 0 Å². The van der Waals surface area contributed by atoms with Gasteiger partial charge in [0, 0.05) is 40.7 Å². The third-order valence-corrected chi connectivity index (χ3v) is 6.57. The number of nitro benzene ring substituents is 1. The summed E-state index contributed by atoms with van der Waals surface area (Å²) in [6.45, 7) is 0. The molecule has 1 heterocycles. The van der Waals surface area contributed by atoms with E-state index in [0.717, 1.165) is 38.4 Å². The molecule has 0 aliphatic heterocycles. The number of hydrogen-bond donors (Lipinski definition) is 1. The zero-order valence-corrected chi connectivity index (χ0v) is 19.9. The van der Waals surface area contributed by atoms with E-state index < -0.39 is 5.97 Å². The standard InChI is InChI=1S/C29H24N2O5/c1-35-28-15-21(29(32)36-2)9-11-23(28)24(14-18-7-8-19-5-3-4-6-20(19)13-18)26-17-30-27-12-10-22(31(33)34)16-25(26)27/h3-13,15-17,24,30H,14H2,1-2H3. The van der Waals surface area contributed by atoms with Gasteiger partial charge in [-0.05, 0) is 46.5 Å². The number of aromatic nitrogens is 1. The number of hydrogen-bond acceptors (Lipinski definition) is 5. The van der Waals surface area contributed by atoms with Gasteiger partial charge in [0.05, 0.1) is 24.7 Å². The fraction of sp³-hybridized carbons (Fsp3) is 0.138. The lowest BCUT2D eigenvalue weighted by Gasteiger charge is -2.21. The second-order valence-electron chi connectivity index (χ2n) is 8.62. The summed E-state index contributed by atoms with van der Waals surface area (Å²) >= 11 is 0. The Labute approximate surface area is 207 Å². The van der Waals surface area contributed by atoms with Gasteiger partial charge in [-0.3, -0.25) is 10.1 Å². The first-order valence-corrected chi connectivity index (χ1v) is 11.5. The quantitative estimate of drug-likeness (QED) is 0.165. The summed E-state index contributed by atoms with van der Waals surface area (Å²) in [5, 5.41) is 14.6. The lowest BCUT2D eigenvalue weighted by molar-refractivity contribution is -0.384. The minimum Gasteiger partial charge on any atom is -0.496 e. The van der Waals surface area contributed by atoms with E-state index in [4.69, 9.17) is 9.47 Å². The molecule has 0 saturated heterocycles. The summed E-state index contributed by atoms with van der Waals surface area (Å²) in [6.07, 6.45) is 2.52. The molecule has 1 aromatic heterocycles. The average molecular weight is 481 g/mol. The Balaban J connectivity index is 1.68. The largest absolute Gasteiger partial charge is 0.496 e. The van der Waals surface area contributed by atoms with Gasteiger partial charge in [-0.2, -0.15) is 0 Å². The van der Waals surface area contributed by atoms with E-state index in [2.05, 4.69) is 35.3 Å². The molecule has 0 aliphatic rings. The first-order chi connectivity index (χ1) is 17.5. The number of nitrogens with one attached hydrogen (secondary N) is 1. The highest BCUT2D eigenvalue weighted by Crippen LogP contribution is 2.39. The van der Waals surface area contributed by atoms with E-state index in [1.807, 2.05) is 24.4 Å². The predicted molar refractivity (Wildman–Crippen MR) is 139 cm³/mol. The molecule has 36 heavy (non-hydrogen) atoms. The summed E-state index contributed by atoms with van der Waals surface area (Å²) < 4.78 is 10.6. The Morgan fingerprint density at radius 1 is 0.944 bits per heavy atom. The van der Waals surface area contributed by atoms with Crippen LogP contribution in [0, 0.1) is 10.1 Å². The first-order valence-electron chi connectivity index (χ1n) is 11.5. The van der Waals surface area contributed by atoms with Gasteiger partial charge in [0.1, 0.15) is 5.75 Å². The number of non-ortho nitro benzene ring substituents is 1. The number of methoxy groups -OCH3 is 2. The monoisotopic (exact) mass is 480 g/mol. The second kappa shape index (κ2) is 9.54. The molecule has 5 aromatic rings. The van der Waals surface area contributed by atoms with Crippen molar-refractivity contribution in [3.05, 3.63) is 117 Å². The van der Waals surface area contributed by atoms with Gasteiger partial charge in [-0.1, -0.05) is 48.5 Å². The molecule has 1 atom stereocenters. The molecule has 0 fully saturated rings. The Kier molecular flexibility index (Phi) is 6.12. The van der Waals surface area contributed by atoms with Gasteiger partial charge >= 0.3 is 5.97 Å². The maximum atomic E-state index is 12.1. The third-order valence-electron chi connectivity index (χ3n) is 6.57. The van der Waals surface area contributed by atoms with Crippen LogP contribution in [-0.4, -0.2) is 30.1 Å². The number of fused-ring (bicyclic) bond motifs is 2. The van der Waals surface area contributed by atoms with Crippen molar-refractivity contribution < 1.29 is 19.2 Å². The predicted octanol–water partition coefficient (Wildman–Crippen LogP) is 6.40. The van der Waals surface area contributed by atoms with Crippen LogP contribution in [0.15, 0.2) is 85.1 Å². The number of H-pyrrole nitrogens is 1. The van der Waals surface area contributed by atoms with Crippen LogP contribution >= 0.6 is 0 Å². The zero-order valence-electron chi connectivity index (χ0n) is 19.9. The van der Waals surface area contributed by atoms with Crippen LogP contribution in [0.25, 0.3) is 21.7 Å². The number of benzene rings is 4. The highest BCUT2D eigenvalue weighted by Gasteiger charge is 2.24. The van der Waals surface area contributed by atoms with Crippen LogP contribution in [-0.2, 0) is 11.2 Å². The number of aromatic amines is 1. The molecule has 1 N–H and O–H groups in total. The fourth-order valence-electron chi connectivity index (χ4n) is 4.76. The highest BCUT2D eigenvalue weighted by molar-refractivity contribution is 5.90. The summed E-state index contributed by atoms with van der Waals surface area (Å²) in [6, 6.07) is 24.6. The normalized spacial score (nSPS) is 11.9. The SMILES string of the molecule is COC(=O)c1ccc(C(Cc2ccc3ccccc3c2)c2c[nH]c3ccc([N+](=O)[O-])cc23)c(OC)c1. The van der Waals surface area contributed by atoms with Crippen molar-refractivity contribution in [3.8, 4) is 5.75 Å². The summed E-state index contributed by atoms with van der Waals surface area (Å²) in [7, 11) is 2.90. The van der Waals surface area contributed by atoms with Gasteiger partial charge in [-0.15, -0.1) is 0 Å². The van der Waals surface area contributed by atoms with E-state index in [-0.39, 0.29) is 16.5 Å². The molecule has 0 bridgehead atoms. The molecular formula is C29H24N2O5. The summed E-state index contributed by atoms with van der Waals surface area (Å²) in [5.74, 6) is -0.110. The van der Waals surface area contributed by atoms with Crippen LogP contribution in [0.4, 0.5) is 5.69 Å². The van der Waals surface area contributed by atoms with Crippen molar-refractivity contribution in [2.75, 3.05) is 14.2 Å². The van der Waals surface area contributed by atoms with Crippen molar-refractivity contribution in [2.45, 2.75) is 12.3 Å². The maximum absolute atomic E-state index is 12.1. The fourth-order valence-corrected chi connectivity index (χ4v) is 4.76. The van der Waals surface area contributed by atoms with Gasteiger partial charge in [0.15, 0.2) is 0 Å². The van der Waals surface area contributed by atoms with Crippen molar-refractivity contribution in [1.82, 2.24) is 4.98 Å². The molecule has 0 aliphatic carbocycles. The Bertz CT molecular complexity index is 1600. The van der Waals surface area contributed by atoms with Crippen molar-refractivity contribution in [3.63, 3.8) is 0 Å². The Morgan fingerprint density at radius 2 is 1.75 bits per heavy atom. The lowest BCUT2D eigenvalue weighted by Crippen LogP contribution is -2.09. The number of rotatable bonds is 7. The van der Waals surface area contributed by atoms with E-state index in [9.17, 15) is 14.9 Å². The molecule has 0 amide bonds. The molecule has 1 unspecified atom stereocenters. The minimum absolute atomic E-state index is 0.0285. The van der Waals surface area contributed by atoms with Crippen molar-refractivity contribution in [1.29, 1.82) is 0 Å². The number of carbonyl (C=O) groups excluding carboxylic acids is 1. The Morgan fingerprint density at radius 3 is 2.50 bits per heavy atom. The van der Waals surface area contributed by atoms with E-state index in [1.54, 1.807) is 31.4 Å². The number of carbonyl (C=O) groups is 1. The molecule has 0 spiro atoms. The molecule has 5 rings (SSSR count). The summed E-state index contributed by atoms with van der Waals surface area (Å²) in [5.41, 5.74) is 4.11. The summed E-state index contributed by atoms with van der Waals surface area (Å²) in [4.78, 5) is 26.5. The number of esters is 1. The zero-order chi connectivity index (χ0) is 25.2. The molecule has 0 saturated carbocycles. The van der Waals surface area contributed by atoms with Crippen LogP contribution in [0.3, 0.4) is 0 Å². The molecule has 7 nitrogen and oxygen atoms in total. The van der Waals surface area contributed by atoms with Crippen molar-refractivity contribution in [2.24, 2.45) is 0 Å². The average Bonchev–Trinajstić information content (AvgIpc) is 3.34. The number of ether oxygens (including phenoxy) is 2. The molecule has 0 radical (unpaired) electrons. The van der Waals surface area contributed by atoms with E-state index in [0.29, 0.717) is 17.7 Å². The number of nitro groups is 1. The maximum Gasteiger partial charge on any atom is 0.337 e. The van der Waals surface area contributed by atoms with Crippen LogP contribution in [0.1, 0.15) is 33.0 Å². The number of nitrogens with zero attached hydrogens (tertiary/aromatic N) is 1. The molecule has 7 heteroatoms. The Hall–Kier alpha value is -4.65. The lowest BCUT2D eigenvalue weighted by atomic mass is 9.84. The van der Waals surface area contributed by atoms with Gasteiger partial charge in [-0.25, -0.2) is 4.79 Å². The second-order valence-corrected chi connectivity index (χ2v) is 8.62. The van der Waals surface area contributed by atoms with Gasteiger partial charge in [0.25, 0.3) is 5.69 Å². The van der Waals surface area contributed by atoms with Gasteiger partial charge in [0.2, 0.25) is 0 Å². The van der Waals surface area contributed by atoms with Crippen LogP contribution in [0.5, 0.6) is 5.75 Å². The molecule has 180 valence electrons. The molecular weight excluding hydrogens is 456 g/mol. The van der Waals surface area contributed by atoms with Crippen LogP contribution in [0.2, 0.25) is 0 Å². The molecule has 4 aromatic carbocycles. The van der Waals surface area contributed by atoms with Crippen LogP contribution < -0.4 is 4.74 Å². The minimum atomic E-state index is -0.450. The third kappa shape index (κ3) is 4.27.